The summed E-state index contributed by atoms with van der Waals surface area (Å²) < 4.78 is 0. The Balaban J connectivity index is 2.31. The minimum absolute atomic E-state index is 0.142. The van der Waals surface area contributed by atoms with Gasteiger partial charge in [0.25, 0.3) is 5.91 Å². The van der Waals surface area contributed by atoms with Gasteiger partial charge in [0.05, 0.1) is 0 Å². The highest BCUT2D eigenvalue weighted by molar-refractivity contribution is 5.98. The quantitative estimate of drug-likeness (QED) is 0.922. The number of hydrogen-bond donors (Lipinski definition) is 1. The number of nitrogens with zero attached hydrogens (tertiary/aromatic N) is 1. The fraction of sp³-hybridized carbons (Fsp3) is 0.500. The normalized spacial score (nSPS) is 19.4. The van der Waals surface area contributed by atoms with Crippen LogP contribution in [0, 0.1) is 0 Å². The van der Waals surface area contributed by atoms with E-state index in [0.717, 1.165) is 31.2 Å². The van der Waals surface area contributed by atoms with Crippen molar-refractivity contribution in [1.29, 1.82) is 0 Å². The Labute approximate surface area is 119 Å². The summed E-state index contributed by atoms with van der Waals surface area (Å²) in [6, 6.07) is 6.79. The van der Waals surface area contributed by atoms with E-state index in [0.29, 0.717) is 18.5 Å². The largest absolute Gasteiger partial charge is 0.480 e. The van der Waals surface area contributed by atoms with Gasteiger partial charge in [-0.2, -0.15) is 0 Å². The molecule has 4 heteroatoms. The van der Waals surface area contributed by atoms with Crippen LogP contribution in [0.4, 0.5) is 0 Å². The third-order valence-electron chi connectivity index (χ3n) is 3.93. The van der Waals surface area contributed by atoms with E-state index in [4.69, 9.17) is 0 Å². The molecule has 1 aliphatic heterocycles. The number of rotatable bonds is 3. The minimum Gasteiger partial charge on any atom is -0.480 e. The van der Waals surface area contributed by atoms with Gasteiger partial charge in [-0.3, -0.25) is 4.79 Å². The number of likely N-dealkylation sites (tertiary alicyclic amines) is 1. The summed E-state index contributed by atoms with van der Waals surface area (Å²) in [4.78, 5) is 25.7. The molecule has 1 atom stereocenters. The number of benzene rings is 1. The molecule has 1 aromatic carbocycles. The van der Waals surface area contributed by atoms with E-state index in [9.17, 15) is 14.7 Å². The van der Waals surface area contributed by atoms with Crippen molar-refractivity contribution in [1.82, 2.24) is 4.90 Å². The molecule has 1 saturated heterocycles. The highest BCUT2D eigenvalue weighted by Crippen LogP contribution is 2.21. The maximum Gasteiger partial charge on any atom is 0.326 e. The number of hydrogen-bond acceptors (Lipinski definition) is 2. The third kappa shape index (κ3) is 3.00. The zero-order chi connectivity index (χ0) is 14.5. The monoisotopic (exact) mass is 275 g/mol. The summed E-state index contributed by atoms with van der Waals surface area (Å²) in [5, 5.41) is 9.36. The van der Waals surface area contributed by atoms with Crippen LogP contribution in [0.2, 0.25) is 0 Å². The Kier molecular flexibility index (Phi) is 4.77. The van der Waals surface area contributed by atoms with Gasteiger partial charge in [0.1, 0.15) is 6.04 Å². The molecule has 20 heavy (non-hydrogen) atoms. The maximum absolute atomic E-state index is 12.7. The number of carbonyl (C=O) groups is 2. The first-order valence-corrected chi connectivity index (χ1v) is 7.26. The molecule has 108 valence electrons. The van der Waals surface area contributed by atoms with Crippen molar-refractivity contribution in [2.45, 2.75) is 45.1 Å². The summed E-state index contributed by atoms with van der Waals surface area (Å²) in [6.07, 6.45) is 4.06. The van der Waals surface area contributed by atoms with Crippen LogP contribution in [0.25, 0.3) is 0 Å². The van der Waals surface area contributed by atoms with Crippen LogP contribution in [0.5, 0.6) is 0 Å². The summed E-state index contributed by atoms with van der Waals surface area (Å²) in [6.45, 7) is 2.54. The number of aryl methyl sites for hydroxylation is 1. The van der Waals surface area contributed by atoms with E-state index < -0.39 is 12.0 Å². The highest BCUT2D eigenvalue weighted by atomic mass is 16.4. The fourth-order valence-corrected chi connectivity index (χ4v) is 2.80. The molecule has 0 spiro atoms. The number of aliphatic carboxylic acids is 1. The van der Waals surface area contributed by atoms with Gasteiger partial charge in [-0.05, 0) is 30.9 Å². The van der Waals surface area contributed by atoms with Gasteiger partial charge < -0.3 is 10.0 Å². The molecule has 0 aliphatic carbocycles. The van der Waals surface area contributed by atoms with E-state index in [1.165, 1.54) is 0 Å². The van der Waals surface area contributed by atoms with Crippen LogP contribution < -0.4 is 0 Å². The molecular weight excluding hydrogens is 254 g/mol. The summed E-state index contributed by atoms with van der Waals surface area (Å²) in [7, 11) is 0. The van der Waals surface area contributed by atoms with E-state index in [-0.39, 0.29) is 5.91 Å². The van der Waals surface area contributed by atoms with Crippen molar-refractivity contribution in [3.8, 4) is 0 Å². The molecule has 1 unspecified atom stereocenters. The van der Waals surface area contributed by atoms with Crippen LogP contribution in [-0.4, -0.2) is 34.5 Å². The van der Waals surface area contributed by atoms with Gasteiger partial charge in [-0.15, -0.1) is 0 Å². The molecule has 0 saturated carbocycles. The standard InChI is InChI=1S/C16H21NO3/c1-2-12-8-5-6-9-13(12)15(18)17-11-7-3-4-10-14(17)16(19)20/h5-6,8-9,14H,2-4,7,10-11H2,1H3,(H,19,20). The smallest absolute Gasteiger partial charge is 0.326 e. The Bertz CT molecular complexity index is 498. The SMILES string of the molecule is CCc1ccccc1C(=O)N1CCCCCC1C(=O)O. The zero-order valence-corrected chi connectivity index (χ0v) is 11.8. The molecule has 1 fully saturated rings. The molecular formula is C16H21NO3. The van der Waals surface area contributed by atoms with E-state index in [1.54, 1.807) is 11.0 Å². The fourth-order valence-electron chi connectivity index (χ4n) is 2.80. The third-order valence-corrected chi connectivity index (χ3v) is 3.93. The number of amides is 1. The molecule has 1 aliphatic rings. The molecule has 0 radical (unpaired) electrons. The van der Waals surface area contributed by atoms with Gasteiger partial charge in [0.2, 0.25) is 0 Å². The lowest BCUT2D eigenvalue weighted by atomic mass is 10.0. The van der Waals surface area contributed by atoms with Crippen LogP contribution in [0.15, 0.2) is 24.3 Å². The molecule has 1 amide bonds. The number of carboxylic acid groups (broad SMARTS) is 1. The van der Waals surface area contributed by atoms with Crippen molar-refractivity contribution in [2.75, 3.05) is 6.54 Å². The molecule has 0 aromatic heterocycles. The highest BCUT2D eigenvalue weighted by Gasteiger charge is 2.31. The lowest BCUT2D eigenvalue weighted by Gasteiger charge is -2.27. The predicted octanol–water partition coefficient (Wildman–Crippen LogP) is 2.72. The van der Waals surface area contributed by atoms with Gasteiger partial charge >= 0.3 is 5.97 Å². The van der Waals surface area contributed by atoms with E-state index in [1.807, 2.05) is 25.1 Å². The van der Waals surface area contributed by atoms with Gasteiger partial charge in [-0.25, -0.2) is 4.79 Å². The van der Waals surface area contributed by atoms with Crippen LogP contribution in [0.3, 0.4) is 0 Å². The molecule has 0 bridgehead atoms. The second-order valence-corrected chi connectivity index (χ2v) is 5.21. The first kappa shape index (κ1) is 14.6. The molecule has 1 heterocycles. The second kappa shape index (κ2) is 6.55. The van der Waals surface area contributed by atoms with Crippen LogP contribution in [0.1, 0.15) is 48.5 Å². The Morgan fingerprint density at radius 2 is 2.00 bits per heavy atom. The Morgan fingerprint density at radius 3 is 2.70 bits per heavy atom. The topological polar surface area (TPSA) is 57.6 Å². The molecule has 1 N–H and O–H groups in total. The van der Waals surface area contributed by atoms with Crippen molar-refractivity contribution < 1.29 is 14.7 Å². The summed E-state index contributed by atoms with van der Waals surface area (Å²) in [5.74, 6) is -1.04. The average molecular weight is 275 g/mol. The first-order chi connectivity index (χ1) is 9.65. The predicted molar refractivity (Wildman–Crippen MR) is 76.7 cm³/mol. The average Bonchev–Trinajstić information content (AvgIpc) is 2.72. The van der Waals surface area contributed by atoms with E-state index >= 15 is 0 Å². The van der Waals surface area contributed by atoms with Gasteiger partial charge in [0, 0.05) is 12.1 Å². The van der Waals surface area contributed by atoms with Crippen molar-refractivity contribution in [3.05, 3.63) is 35.4 Å². The zero-order valence-electron chi connectivity index (χ0n) is 11.8. The van der Waals surface area contributed by atoms with Gasteiger partial charge in [0.15, 0.2) is 0 Å². The second-order valence-electron chi connectivity index (χ2n) is 5.21. The van der Waals surface area contributed by atoms with E-state index in [2.05, 4.69) is 0 Å². The van der Waals surface area contributed by atoms with Crippen LogP contribution >= 0.6 is 0 Å². The number of carboxylic acids is 1. The lowest BCUT2D eigenvalue weighted by molar-refractivity contribution is -0.142. The first-order valence-electron chi connectivity index (χ1n) is 7.26. The molecule has 4 nitrogen and oxygen atoms in total. The minimum atomic E-state index is -0.894. The van der Waals surface area contributed by atoms with Crippen molar-refractivity contribution in [2.24, 2.45) is 0 Å². The Morgan fingerprint density at radius 1 is 1.25 bits per heavy atom. The van der Waals surface area contributed by atoms with Crippen molar-refractivity contribution >= 4 is 11.9 Å². The summed E-state index contributed by atoms with van der Waals surface area (Å²) >= 11 is 0. The molecule has 1 aromatic rings. The maximum atomic E-state index is 12.7. The Hall–Kier alpha value is -1.84. The van der Waals surface area contributed by atoms with Crippen LogP contribution in [-0.2, 0) is 11.2 Å². The summed E-state index contributed by atoms with van der Waals surface area (Å²) in [5.41, 5.74) is 1.62. The lowest BCUT2D eigenvalue weighted by Crippen LogP contribution is -2.44. The number of carbonyl (C=O) groups excluding carboxylic acids is 1. The van der Waals surface area contributed by atoms with Crippen molar-refractivity contribution in [3.63, 3.8) is 0 Å². The van der Waals surface area contributed by atoms with Gasteiger partial charge in [-0.1, -0.05) is 38.0 Å². The molecule has 2 rings (SSSR count).